The van der Waals surface area contributed by atoms with Gasteiger partial charge in [-0.15, -0.1) is 0 Å². The number of nitrogens with zero attached hydrogens (tertiary/aromatic N) is 1. The normalized spacial score (nSPS) is 11.6. The zero-order chi connectivity index (χ0) is 18.9. The largest absolute Gasteiger partial charge is 0.322 e. The van der Waals surface area contributed by atoms with Gasteiger partial charge in [0, 0.05) is 35.4 Å². The van der Waals surface area contributed by atoms with Crippen molar-refractivity contribution in [3.63, 3.8) is 0 Å². The number of benzene rings is 2. The minimum absolute atomic E-state index is 0.103. The highest BCUT2D eigenvalue weighted by Gasteiger charge is 2.23. The van der Waals surface area contributed by atoms with Crippen molar-refractivity contribution in [3.8, 4) is 0 Å². The monoisotopic (exact) mass is 400 g/mol. The number of amides is 1. The molecule has 0 radical (unpaired) electrons. The molecule has 2 rings (SSSR count). The Bertz CT molecular complexity index is 921. The molecule has 5 nitrogen and oxygen atoms in total. The molecule has 8 heteroatoms. The van der Waals surface area contributed by atoms with Crippen LogP contribution in [0.1, 0.15) is 21.5 Å². The van der Waals surface area contributed by atoms with Gasteiger partial charge in [0.05, 0.1) is 4.90 Å². The Morgan fingerprint density at radius 3 is 2.08 bits per heavy atom. The summed E-state index contributed by atoms with van der Waals surface area (Å²) in [6, 6.07) is 7.69. The summed E-state index contributed by atoms with van der Waals surface area (Å²) in [4.78, 5) is 12.6. The van der Waals surface area contributed by atoms with Crippen LogP contribution in [0.2, 0.25) is 10.0 Å². The molecular formula is C17H18Cl2N2O3S. The molecule has 0 atom stereocenters. The van der Waals surface area contributed by atoms with Gasteiger partial charge in [0.2, 0.25) is 10.0 Å². The van der Waals surface area contributed by atoms with Crippen molar-refractivity contribution in [1.82, 2.24) is 4.31 Å². The summed E-state index contributed by atoms with van der Waals surface area (Å²) in [5.41, 5.74) is 1.98. The Kier molecular flexibility index (Phi) is 5.79. The number of nitrogens with one attached hydrogen (secondary N) is 1. The van der Waals surface area contributed by atoms with E-state index in [-0.39, 0.29) is 10.5 Å². The molecule has 134 valence electrons. The molecular weight excluding hydrogens is 383 g/mol. The smallest absolute Gasteiger partial charge is 0.255 e. The average Bonchev–Trinajstić information content (AvgIpc) is 2.48. The lowest BCUT2D eigenvalue weighted by Crippen LogP contribution is -2.24. The second-order valence-corrected chi connectivity index (χ2v) is 8.81. The number of aryl methyl sites for hydroxylation is 1. The highest BCUT2D eigenvalue weighted by atomic mass is 35.5. The molecule has 0 aromatic heterocycles. The SMILES string of the molecule is Cc1cc(C(=O)Nc2cc(Cl)cc(Cl)c2)cc(S(=O)(=O)N(C)C)c1C. The van der Waals surface area contributed by atoms with Crippen LogP contribution in [0.3, 0.4) is 0 Å². The number of anilines is 1. The first kappa shape index (κ1) is 19.7. The lowest BCUT2D eigenvalue weighted by molar-refractivity contribution is 0.102. The molecule has 0 unspecified atom stereocenters. The topological polar surface area (TPSA) is 66.5 Å². The molecule has 25 heavy (non-hydrogen) atoms. The van der Waals surface area contributed by atoms with Crippen molar-refractivity contribution in [3.05, 3.63) is 57.1 Å². The van der Waals surface area contributed by atoms with Gasteiger partial charge in [-0.1, -0.05) is 23.2 Å². The van der Waals surface area contributed by atoms with E-state index in [9.17, 15) is 13.2 Å². The first-order valence-electron chi connectivity index (χ1n) is 7.33. The molecule has 0 saturated carbocycles. The van der Waals surface area contributed by atoms with Crippen LogP contribution in [0.25, 0.3) is 0 Å². The van der Waals surface area contributed by atoms with Crippen molar-refractivity contribution in [2.24, 2.45) is 0 Å². The van der Waals surface area contributed by atoms with Crippen molar-refractivity contribution in [2.45, 2.75) is 18.7 Å². The maximum Gasteiger partial charge on any atom is 0.255 e. The fourth-order valence-electron chi connectivity index (χ4n) is 2.25. The van der Waals surface area contributed by atoms with Crippen molar-refractivity contribution < 1.29 is 13.2 Å². The van der Waals surface area contributed by atoms with Gasteiger partial charge >= 0.3 is 0 Å². The Morgan fingerprint density at radius 2 is 1.56 bits per heavy atom. The van der Waals surface area contributed by atoms with Crippen LogP contribution < -0.4 is 5.32 Å². The van der Waals surface area contributed by atoms with E-state index in [4.69, 9.17) is 23.2 Å². The number of hydrogen-bond acceptors (Lipinski definition) is 3. The van der Waals surface area contributed by atoms with Crippen LogP contribution in [-0.4, -0.2) is 32.7 Å². The molecule has 0 aliphatic rings. The molecule has 2 aromatic rings. The van der Waals surface area contributed by atoms with Gasteiger partial charge in [0.15, 0.2) is 0 Å². The third-order valence-corrected chi connectivity index (χ3v) is 6.14. The highest BCUT2D eigenvalue weighted by molar-refractivity contribution is 7.89. The van der Waals surface area contributed by atoms with Crippen LogP contribution >= 0.6 is 23.2 Å². The molecule has 0 heterocycles. The number of hydrogen-bond donors (Lipinski definition) is 1. The van der Waals surface area contributed by atoms with Crippen molar-refractivity contribution in [2.75, 3.05) is 19.4 Å². The third-order valence-electron chi connectivity index (χ3n) is 3.76. The summed E-state index contributed by atoms with van der Waals surface area (Å²) in [6.07, 6.45) is 0. The fourth-order valence-corrected chi connectivity index (χ4v) is 4.00. The molecule has 1 N–H and O–H groups in total. The standard InChI is InChI=1S/C17H18Cl2N2O3S/c1-10-5-12(6-16(11(10)2)25(23,24)21(3)4)17(22)20-15-8-13(18)7-14(19)9-15/h5-9H,1-4H3,(H,20,22). The number of halogens is 2. The molecule has 0 aliphatic heterocycles. The number of rotatable bonds is 4. The van der Waals surface area contributed by atoms with E-state index in [1.165, 1.54) is 20.2 Å². The maximum absolute atomic E-state index is 12.5. The molecule has 0 bridgehead atoms. The van der Waals surface area contributed by atoms with Crippen LogP contribution in [-0.2, 0) is 10.0 Å². The van der Waals surface area contributed by atoms with E-state index in [1.54, 1.807) is 38.1 Å². The lowest BCUT2D eigenvalue weighted by Gasteiger charge is -2.16. The van der Waals surface area contributed by atoms with E-state index < -0.39 is 15.9 Å². The number of carbonyl (C=O) groups excluding carboxylic acids is 1. The maximum atomic E-state index is 12.5. The van der Waals surface area contributed by atoms with Crippen molar-refractivity contribution in [1.29, 1.82) is 0 Å². The minimum atomic E-state index is -3.66. The molecule has 0 saturated heterocycles. The highest BCUT2D eigenvalue weighted by Crippen LogP contribution is 2.26. The van der Waals surface area contributed by atoms with Crippen LogP contribution in [0.5, 0.6) is 0 Å². The first-order chi connectivity index (χ1) is 11.5. The van der Waals surface area contributed by atoms with Gasteiger partial charge in [-0.2, -0.15) is 0 Å². The Balaban J connectivity index is 2.46. The number of carbonyl (C=O) groups is 1. The van der Waals surface area contributed by atoms with Crippen LogP contribution in [0, 0.1) is 13.8 Å². The quantitative estimate of drug-likeness (QED) is 0.839. The van der Waals surface area contributed by atoms with Gasteiger partial charge in [-0.3, -0.25) is 4.79 Å². The summed E-state index contributed by atoms with van der Waals surface area (Å²) in [7, 11) is -0.763. The molecule has 2 aromatic carbocycles. The second-order valence-electron chi connectivity index (χ2n) is 5.82. The van der Waals surface area contributed by atoms with Gasteiger partial charge in [-0.25, -0.2) is 12.7 Å². The third kappa shape index (κ3) is 4.33. The van der Waals surface area contributed by atoms with E-state index in [0.29, 0.717) is 26.9 Å². The summed E-state index contributed by atoms with van der Waals surface area (Å²) in [6.45, 7) is 3.47. The Labute approximate surface area is 157 Å². The summed E-state index contributed by atoms with van der Waals surface area (Å²) < 4.78 is 26.1. The predicted molar refractivity (Wildman–Crippen MR) is 101 cm³/mol. The second kappa shape index (κ2) is 7.33. The fraction of sp³-hybridized carbons (Fsp3) is 0.235. The molecule has 0 spiro atoms. The van der Waals surface area contributed by atoms with Crippen LogP contribution in [0.4, 0.5) is 5.69 Å². The predicted octanol–water partition coefficient (Wildman–Crippen LogP) is 4.11. The summed E-state index contributed by atoms with van der Waals surface area (Å²) >= 11 is 11.8. The van der Waals surface area contributed by atoms with Gasteiger partial charge < -0.3 is 5.32 Å². The van der Waals surface area contributed by atoms with Gasteiger partial charge in [0.1, 0.15) is 0 Å². The lowest BCUT2D eigenvalue weighted by atomic mass is 10.1. The summed E-state index contributed by atoms with van der Waals surface area (Å²) in [5, 5.41) is 3.45. The first-order valence-corrected chi connectivity index (χ1v) is 9.53. The van der Waals surface area contributed by atoms with Crippen molar-refractivity contribution >= 4 is 44.8 Å². The Hall–Kier alpha value is -1.60. The molecule has 0 fully saturated rings. The van der Waals surface area contributed by atoms with Gasteiger partial charge in [0.25, 0.3) is 5.91 Å². The van der Waals surface area contributed by atoms with E-state index >= 15 is 0 Å². The minimum Gasteiger partial charge on any atom is -0.322 e. The number of sulfonamides is 1. The van der Waals surface area contributed by atoms with E-state index in [2.05, 4.69) is 5.32 Å². The van der Waals surface area contributed by atoms with E-state index in [0.717, 1.165) is 4.31 Å². The summed E-state index contributed by atoms with van der Waals surface area (Å²) in [5.74, 6) is -0.448. The van der Waals surface area contributed by atoms with E-state index in [1.807, 2.05) is 0 Å². The molecule has 0 aliphatic carbocycles. The Morgan fingerprint density at radius 1 is 1.00 bits per heavy atom. The zero-order valence-electron chi connectivity index (χ0n) is 14.2. The van der Waals surface area contributed by atoms with Crippen LogP contribution in [0.15, 0.2) is 35.2 Å². The zero-order valence-corrected chi connectivity index (χ0v) is 16.6. The average molecular weight is 401 g/mol. The molecule has 1 amide bonds. The van der Waals surface area contributed by atoms with Gasteiger partial charge in [-0.05, 0) is 55.3 Å².